The highest BCUT2D eigenvalue weighted by Crippen LogP contribution is 2.29. The van der Waals surface area contributed by atoms with Gasteiger partial charge in [-0.1, -0.05) is 27.7 Å². The average Bonchev–Trinajstić information content (AvgIpc) is 3.18. The van der Waals surface area contributed by atoms with Gasteiger partial charge in [0.2, 0.25) is 0 Å². The number of alkyl halides is 3. The number of carbonyl (C=O) groups excluding carboxylic acids is 1. The Hall–Kier alpha value is -2.42. The van der Waals surface area contributed by atoms with Gasteiger partial charge in [-0.05, 0) is 55.7 Å². The second-order valence-electron chi connectivity index (χ2n) is 9.58. The number of rotatable bonds is 8. The molecule has 9 heteroatoms. The first-order chi connectivity index (χ1) is 15.6. The van der Waals surface area contributed by atoms with E-state index in [1.807, 2.05) is 13.8 Å². The van der Waals surface area contributed by atoms with E-state index in [4.69, 9.17) is 0 Å². The van der Waals surface area contributed by atoms with Crippen LogP contribution >= 0.6 is 0 Å². The fourth-order valence-electron chi connectivity index (χ4n) is 4.68. The smallest absolute Gasteiger partial charge is 0.352 e. The molecule has 1 saturated heterocycles. The summed E-state index contributed by atoms with van der Waals surface area (Å²) in [5.74, 6) is 1.42. The standard InChI is InChI=1S/C24H34F3N5O/c1-16(2)22-20(13-30-32(22)21-8-7-19(12-29-21)24(25,26)27)23(33)28-9-5-6-10-31-14-17(3)11-18(4)15-31/h7-8,12-13,16-18H,5-6,9-11,14-15H2,1-4H3,(H,28,33). The van der Waals surface area contributed by atoms with Crippen molar-refractivity contribution in [1.82, 2.24) is 25.0 Å². The molecule has 1 N–H and O–H groups in total. The zero-order valence-electron chi connectivity index (χ0n) is 19.8. The molecule has 33 heavy (non-hydrogen) atoms. The SMILES string of the molecule is CC1CC(C)CN(CCCCNC(=O)c2cnn(-c3ccc(C(F)(F)F)cn3)c2C(C)C)C1. The number of unbranched alkanes of at least 4 members (excludes halogenated alkanes) is 1. The van der Waals surface area contributed by atoms with E-state index in [1.54, 1.807) is 0 Å². The van der Waals surface area contributed by atoms with Crippen molar-refractivity contribution in [3.8, 4) is 5.82 Å². The lowest BCUT2D eigenvalue weighted by molar-refractivity contribution is -0.137. The molecule has 182 valence electrons. The molecule has 0 spiro atoms. The predicted octanol–water partition coefficient (Wildman–Crippen LogP) is 4.90. The minimum Gasteiger partial charge on any atom is -0.352 e. The molecule has 2 unspecified atom stereocenters. The molecular weight excluding hydrogens is 431 g/mol. The lowest BCUT2D eigenvalue weighted by atomic mass is 9.92. The van der Waals surface area contributed by atoms with Crippen molar-refractivity contribution in [3.05, 3.63) is 41.3 Å². The average molecular weight is 466 g/mol. The summed E-state index contributed by atoms with van der Waals surface area (Å²) in [5, 5.41) is 7.21. The summed E-state index contributed by atoms with van der Waals surface area (Å²) in [5.41, 5.74) is 0.220. The number of hydrogen-bond donors (Lipinski definition) is 1. The highest BCUT2D eigenvalue weighted by Gasteiger charge is 2.31. The van der Waals surface area contributed by atoms with E-state index in [1.165, 1.54) is 23.4 Å². The molecule has 2 atom stereocenters. The molecule has 1 amide bonds. The Morgan fingerprint density at radius 2 is 1.85 bits per heavy atom. The summed E-state index contributed by atoms with van der Waals surface area (Å²) < 4.78 is 39.9. The van der Waals surface area contributed by atoms with Crippen LogP contribution < -0.4 is 5.32 Å². The molecule has 2 aromatic heterocycles. The van der Waals surface area contributed by atoms with Gasteiger partial charge < -0.3 is 10.2 Å². The van der Waals surface area contributed by atoms with Crippen molar-refractivity contribution in [2.45, 2.75) is 59.1 Å². The van der Waals surface area contributed by atoms with Crippen LogP contribution in [0.25, 0.3) is 5.82 Å². The molecule has 0 radical (unpaired) electrons. The maximum absolute atomic E-state index is 12.8. The molecule has 3 heterocycles. The molecule has 3 rings (SSSR count). The Labute approximate surface area is 193 Å². The first-order valence-corrected chi connectivity index (χ1v) is 11.7. The Bertz CT molecular complexity index is 913. The van der Waals surface area contributed by atoms with E-state index < -0.39 is 11.7 Å². The number of pyridine rings is 1. The number of hydrogen-bond acceptors (Lipinski definition) is 4. The van der Waals surface area contributed by atoms with Gasteiger partial charge in [-0.15, -0.1) is 0 Å². The molecule has 2 aromatic rings. The summed E-state index contributed by atoms with van der Waals surface area (Å²) >= 11 is 0. The third-order valence-corrected chi connectivity index (χ3v) is 6.02. The molecule has 0 saturated carbocycles. The number of nitrogens with one attached hydrogen (secondary N) is 1. The number of piperidine rings is 1. The van der Waals surface area contributed by atoms with Gasteiger partial charge >= 0.3 is 6.18 Å². The summed E-state index contributed by atoms with van der Waals surface area (Å²) in [6.45, 7) is 12.3. The summed E-state index contributed by atoms with van der Waals surface area (Å²) in [7, 11) is 0. The van der Waals surface area contributed by atoms with Crippen LogP contribution in [-0.4, -0.2) is 51.8 Å². The van der Waals surface area contributed by atoms with Crippen LogP contribution in [0.2, 0.25) is 0 Å². The molecule has 1 aliphatic heterocycles. The van der Waals surface area contributed by atoms with Crippen molar-refractivity contribution in [2.75, 3.05) is 26.2 Å². The van der Waals surface area contributed by atoms with E-state index in [0.717, 1.165) is 56.6 Å². The van der Waals surface area contributed by atoms with Gasteiger partial charge in [-0.2, -0.15) is 18.3 Å². The molecule has 0 bridgehead atoms. The molecule has 1 aliphatic rings. The van der Waals surface area contributed by atoms with Gasteiger partial charge in [0.1, 0.15) is 0 Å². The van der Waals surface area contributed by atoms with E-state index in [0.29, 0.717) is 17.8 Å². The normalized spacial score (nSPS) is 19.8. The first kappa shape index (κ1) is 25.2. The number of nitrogens with zero attached hydrogens (tertiary/aromatic N) is 4. The van der Waals surface area contributed by atoms with Crippen molar-refractivity contribution < 1.29 is 18.0 Å². The fraction of sp³-hybridized carbons (Fsp3) is 0.625. The third kappa shape index (κ3) is 6.56. The number of amides is 1. The van der Waals surface area contributed by atoms with Crippen LogP contribution in [-0.2, 0) is 6.18 Å². The van der Waals surface area contributed by atoms with E-state index >= 15 is 0 Å². The third-order valence-electron chi connectivity index (χ3n) is 6.02. The maximum Gasteiger partial charge on any atom is 0.417 e. The van der Waals surface area contributed by atoms with Crippen LogP contribution in [0, 0.1) is 11.8 Å². The second kappa shape index (κ2) is 10.7. The minimum atomic E-state index is -4.45. The summed E-state index contributed by atoms with van der Waals surface area (Å²) in [6, 6.07) is 2.24. The monoisotopic (exact) mass is 465 g/mol. The molecule has 0 aliphatic carbocycles. The Morgan fingerprint density at radius 3 is 2.42 bits per heavy atom. The van der Waals surface area contributed by atoms with Gasteiger partial charge in [0.05, 0.1) is 23.0 Å². The Morgan fingerprint density at radius 1 is 1.15 bits per heavy atom. The number of aromatic nitrogens is 3. The number of likely N-dealkylation sites (tertiary alicyclic amines) is 1. The molecular formula is C24H34F3N5O. The fourth-order valence-corrected chi connectivity index (χ4v) is 4.68. The van der Waals surface area contributed by atoms with Crippen molar-refractivity contribution in [3.63, 3.8) is 0 Å². The van der Waals surface area contributed by atoms with E-state index in [2.05, 4.69) is 34.1 Å². The van der Waals surface area contributed by atoms with E-state index in [9.17, 15) is 18.0 Å². The lowest BCUT2D eigenvalue weighted by Gasteiger charge is -2.34. The summed E-state index contributed by atoms with van der Waals surface area (Å²) in [4.78, 5) is 19.2. The van der Waals surface area contributed by atoms with Gasteiger partial charge in [-0.25, -0.2) is 9.67 Å². The van der Waals surface area contributed by atoms with Gasteiger partial charge in [0, 0.05) is 25.8 Å². The quantitative estimate of drug-likeness (QED) is 0.564. The largest absolute Gasteiger partial charge is 0.417 e. The van der Waals surface area contributed by atoms with Crippen LogP contribution in [0.1, 0.15) is 74.5 Å². The molecule has 1 fully saturated rings. The minimum absolute atomic E-state index is 0.0691. The zero-order chi connectivity index (χ0) is 24.2. The van der Waals surface area contributed by atoms with Crippen LogP contribution in [0.4, 0.5) is 13.2 Å². The second-order valence-corrected chi connectivity index (χ2v) is 9.58. The highest BCUT2D eigenvalue weighted by atomic mass is 19.4. The predicted molar refractivity (Wildman–Crippen MR) is 121 cm³/mol. The van der Waals surface area contributed by atoms with Crippen molar-refractivity contribution in [2.24, 2.45) is 11.8 Å². The maximum atomic E-state index is 12.8. The van der Waals surface area contributed by atoms with Gasteiger partial charge in [-0.3, -0.25) is 4.79 Å². The first-order valence-electron chi connectivity index (χ1n) is 11.7. The van der Waals surface area contributed by atoms with Crippen molar-refractivity contribution >= 4 is 5.91 Å². The van der Waals surface area contributed by atoms with E-state index in [-0.39, 0.29) is 17.6 Å². The summed E-state index contributed by atoms with van der Waals surface area (Å²) in [6.07, 6.45) is 0.986. The van der Waals surface area contributed by atoms with Crippen LogP contribution in [0.3, 0.4) is 0 Å². The van der Waals surface area contributed by atoms with Gasteiger partial charge in [0.15, 0.2) is 5.82 Å². The highest BCUT2D eigenvalue weighted by molar-refractivity contribution is 5.95. The lowest BCUT2D eigenvalue weighted by Crippen LogP contribution is -2.39. The molecule has 6 nitrogen and oxygen atoms in total. The Kier molecular flexibility index (Phi) is 8.15. The van der Waals surface area contributed by atoms with Crippen LogP contribution in [0.15, 0.2) is 24.5 Å². The topological polar surface area (TPSA) is 63.1 Å². The number of carbonyl (C=O) groups is 1. The zero-order valence-corrected chi connectivity index (χ0v) is 19.8. The molecule has 0 aromatic carbocycles. The van der Waals surface area contributed by atoms with Crippen LogP contribution in [0.5, 0.6) is 0 Å². The van der Waals surface area contributed by atoms with Gasteiger partial charge in [0.25, 0.3) is 5.91 Å². The Balaban J connectivity index is 1.58. The number of halogens is 3. The van der Waals surface area contributed by atoms with Crippen molar-refractivity contribution in [1.29, 1.82) is 0 Å².